The maximum absolute atomic E-state index is 6.32. The molecule has 3 aliphatic rings. The topological polar surface area (TPSA) is 21.3 Å². The van der Waals surface area contributed by atoms with Gasteiger partial charge in [0.15, 0.2) is 0 Å². The molecule has 2 heterocycles. The summed E-state index contributed by atoms with van der Waals surface area (Å²) in [5, 5.41) is 3.91. The van der Waals surface area contributed by atoms with Crippen LogP contribution in [0.3, 0.4) is 0 Å². The Balaban J connectivity index is 1.72. The molecule has 1 unspecified atom stereocenters. The molecule has 1 aliphatic carbocycles. The molecule has 1 saturated heterocycles. The predicted molar refractivity (Wildman–Crippen MR) is 100 cm³/mol. The van der Waals surface area contributed by atoms with Crippen molar-refractivity contribution in [1.82, 2.24) is 0 Å². The van der Waals surface area contributed by atoms with Gasteiger partial charge in [0.2, 0.25) is 0 Å². The Bertz CT molecular complexity index is 673. The lowest BCUT2D eigenvalue weighted by Gasteiger charge is -2.46. The van der Waals surface area contributed by atoms with Crippen LogP contribution in [0.4, 0.5) is 5.69 Å². The smallest absolute Gasteiger partial charge is 0.0892 e. The van der Waals surface area contributed by atoms with Crippen LogP contribution < -0.4 is 5.32 Å². The monoisotopic (exact) mass is 323 g/mol. The summed E-state index contributed by atoms with van der Waals surface area (Å²) >= 11 is 0. The molecule has 128 valence electrons. The average Bonchev–Trinajstić information content (AvgIpc) is 2.61. The molecular weight excluding hydrogens is 294 g/mol. The van der Waals surface area contributed by atoms with E-state index in [-0.39, 0.29) is 6.10 Å². The summed E-state index contributed by atoms with van der Waals surface area (Å²) < 4.78 is 6.32. The number of hydrogen-bond acceptors (Lipinski definition) is 2. The Morgan fingerprint density at radius 3 is 2.92 bits per heavy atom. The van der Waals surface area contributed by atoms with E-state index >= 15 is 0 Å². The lowest BCUT2D eigenvalue weighted by molar-refractivity contribution is -0.0423. The fourth-order valence-electron chi connectivity index (χ4n) is 4.67. The average molecular weight is 323 g/mol. The first-order chi connectivity index (χ1) is 11.6. The molecule has 0 aromatic heterocycles. The van der Waals surface area contributed by atoms with Gasteiger partial charge in [-0.3, -0.25) is 0 Å². The minimum Gasteiger partial charge on any atom is -0.381 e. The van der Waals surface area contributed by atoms with Crippen molar-refractivity contribution in [3.63, 3.8) is 0 Å². The largest absolute Gasteiger partial charge is 0.381 e. The minimum absolute atomic E-state index is 0.261. The number of hydrogen-bond donors (Lipinski definition) is 1. The second-order valence-corrected chi connectivity index (χ2v) is 7.95. The normalized spacial score (nSPS) is 31.9. The number of nitrogens with one attached hydrogen (secondary N) is 1. The van der Waals surface area contributed by atoms with E-state index in [4.69, 9.17) is 4.74 Å². The van der Waals surface area contributed by atoms with Gasteiger partial charge in [0.05, 0.1) is 6.10 Å². The third-order valence-electron chi connectivity index (χ3n) is 6.10. The molecule has 1 aromatic carbocycles. The van der Waals surface area contributed by atoms with Gasteiger partial charge in [0, 0.05) is 35.7 Å². The van der Waals surface area contributed by atoms with E-state index in [0.717, 1.165) is 13.0 Å². The summed E-state index contributed by atoms with van der Waals surface area (Å²) in [4.78, 5) is 0. The van der Waals surface area contributed by atoms with E-state index < -0.39 is 0 Å². The van der Waals surface area contributed by atoms with Crippen molar-refractivity contribution in [3.8, 4) is 0 Å². The molecule has 2 nitrogen and oxygen atoms in total. The fourth-order valence-corrected chi connectivity index (χ4v) is 4.67. The lowest BCUT2D eigenvalue weighted by atomic mass is 9.71. The SMILES string of the molecule is CC1=CC=CCC1[C@@H]1Nc2ccc(C(C)C)cc2[C@H]2OCCC[C@H]21. The molecule has 24 heavy (non-hydrogen) atoms. The summed E-state index contributed by atoms with van der Waals surface area (Å²) in [6.07, 6.45) is 10.7. The second kappa shape index (κ2) is 6.40. The predicted octanol–water partition coefficient (Wildman–Crippen LogP) is 5.59. The first-order valence-electron chi connectivity index (χ1n) is 9.50. The molecule has 0 bridgehead atoms. The van der Waals surface area contributed by atoms with Crippen LogP contribution in [0.15, 0.2) is 42.0 Å². The molecule has 0 saturated carbocycles. The van der Waals surface area contributed by atoms with Gasteiger partial charge in [-0.15, -0.1) is 0 Å². The molecule has 0 spiro atoms. The molecule has 2 heteroatoms. The van der Waals surface area contributed by atoms with Crippen LogP contribution in [-0.4, -0.2) is 12.6 Å². The molecule has 1 N–H and O–H groups in total. The molecule has 4 atom stereocenters. The highest BCUT2D eigenvalue weighted by molar-refractivity contribution is 5.58. The zero-order chi connectivity index (χ0) is 16.7. The van der Waals surface area contributed by atoms with Crippen LogP contribution in [0.5, 0.6) is 0 Å². The number of allylic oxidation sites excluding steroid dienone is 3. The molecule has 4 rings (SSSR count). The third-order valence-corrected chi connectivity index (χ3v) is 6.10. The van der Waals surface area contributed by atoms with Gasteiger partial charge in [-0.25, -0.2) is 0 Å². The second-order valence-electron chi connectivity index (χ2n) is 7.95. The van der Waals surface area contributed by atoms with Crippen LogP contribution in [0.1, 0.15) is 63.2 Å². The highest BCUT2D eigenvalue weighted by Crippen LogP contribution is 2.48. The summed E-state index contributed by atoms with van der Waals surface area (Å²) in [6, 6.07) is 7.42. The van der Waals surface area contributed by atoms with Crippen molar-refractivity contribution in [2.75, 3.05) is 11.9 Å². The molecule has 0 radical (unpaired) electrons. The fraction of sp³-hybridized carbons (Fsp3) is 0.545. The number of anilines is 1. The molecule has 0 amide bonds. The van der Waals surface area contributed by atoms with Gasteiger partial charge in [0.1, 0.15) is 0 Å². The van der Waals surface area contributed by atoms with Crippen LogP contribution in [0.2, 0.25) is 0 Å². The third kappa shape index (κ3) is 2.71. The standard InChI is InChI=1S/C22H29NO/c1-14(2)16-10-11-20-19(13-16)22-18(9-6-12-24-22)21(23-20)17-8-5-4-7-15(17)3/h4-5,7,10-11,13-14,17-18,21-23H,6,8-9,12H2,1-3H3/t17?,18-,21-,22-/m0/s1. The van der Waals surface area contributed by atoms with E-state index in [1.807, 2.05) is 0 Å². The van der Waals surface area contributed by atoms with Gasteiger partial charge in [-0.05, 0) is 43.7 Å². The first-order valence-corrected chi connectivity index (χ1v) is 9.50. The Kier molecular flexibility index (Phi) is 4.26. The van der Waals surface area contributed by atoms with Crippen molar-refractivity contribution in [2.24, 2.45) is 11.8 Å². The number of rotatable bonds is 2. The maximum atomic E-state index is 6.32. The van der Waals surface area contributed by atoms with E-state index in [0.29, 0.717) is 23.8 Å². The quantitative estimate of drug-likeness (QED) is 0.765. The molecule has 1 aromatic rings. The van der Waals surface area contributed by atoms with Gasteiger partial charge >= 0.3 is 0 Å². The summed E-state index contributed by atoms with van der Waals surface area (Å²) in [5.41, 5.74) is 5.59. The van der Waals surface area contributed by atoms with E-state index in [9.17, 15) is 0 Å². The van der Waals surface area contributed by atoms with E-state index in [1.54, 1.807) is 0 Å². The van der Waals surface area contributed by atoms with Crippen molar-refractivity contribution < 1.29 is 4.74 Å². The van der Waals surface area contributed by atoms with Crippen molar-refractivity contribution in [3.05, 3.63) is 53.1 Å². The first kappa shape index (κ1) is 16.0. The Labute approximate surface area is 146 Å². The highest BCUT2D eigenvalue weighted by atomic mass is 16.5. The maximum Gasteiger partial charge on any atom is 0.0892 e. The van der Waals surface area contributed by atoms with Gasteiger partial charge in [0.25, 0.3) is 0 Å². The highest BCUT2D eigenvalue weighted by Gasteiger charge is 2.42. The Morgan fingerprint density at radius 1 is 1.25 bits per heavy atom. The van der Waals surface area contributed by atoms with Gasteiger partial charge < -0.3 is 10.1 Å². The summed E-state index contributed by atoms with van der Waals surface area (Å²) in [6.45, 7) is 7.72. The molecular formula is C22H29NO. The van der Waals surface area contributed by atoms with Crippen molar-refractivity contribution in [1.29, 1.82) is 0 Å². The van der Waals surface area contributed by atoms with Crippen LogP contribution in [0.25, 0.3) is 0 Å². The van der Waals surface area contributed by atoms with Crippen LogP contribution in [0, 0.1) is 11.8 Å². The Hall–Kier alpha value is -1.54. The van der Waals surface area contributed by atoms with Crippen molar-refractivity contribution in [2.45, 2.75) is 58.1 Å². The number of ether oxygens (including phenoxy) is 1. The zero-order valence-electron chi connectivity index (χ0n) is 15.1. The summed E-state index contributed by atoms with van der Waals surface area (Å²) in [7, 11) is 0. The van der Waals surface area contributed by atoms with Crippen LogP contribution >= 0.6 is 0 Å². The minimum atomic E-state index is 0.261. The van der Waals surface area contributed by atoms with E-state index in [1.165, 1.54) is 35.2 Å². The summed E-state index contributed by atoms with van der Waals surface area (Å²) in [5.74, 6) is 1.72. The molecule has 1 fully saturated rings. The van der Waals surface area contributed by atoms with Gasteiger partial charge in [-0.2, -0.15) is 0 Å². The van der Waals surface area contributed by atoms with Crippen LogP contribution in [-0.2, 0) is 4.74 Å². The van der Waals surface area contributed by atoms with E-state index in [2.05, 4.69) is 62.5 Å². The molecule has 2 aliphatic heterocycles. The van der Waals surface area contributed by atoms with Crippen molar-refractivity contribution >= 4 is 5.69 Å². The zero-order valence-corrected chi connectivity index (χ0v) is 15.1. The lowest BCUT2D eigenvalue weighted by Crippen LogP contribution is -2.46. The number of benzene rings is 1. The van der Waals surface area contributed by atoms with Gasteiger partial charge in [-0.1, -0.05) is 49.8 Å². The number of fused-ring (bicyclic) bond motifs is 3. The Morgan fingerprint density at radius 2 is 2.12 bits per heavy atom.